The molecule has 1 unspecified atom stereocenters. The Labute approximate surface area is 163 Å². The molecule has 1 aliphatic rings. The van der Waals surface area contributed by atoms with Gasteiger partial charge in [-0.15, -0.1) is 24.8 Å². The molecule has 1 atom stereocenters. The molecule has 0 saturated carbocycles. The van der Waals surface area contributed by atoms with Gasteiger partial charge in [-0.25, -0.2) is 4.98 Å². The van der Waals surface area contributed by atoms with Crippen molar-refractivity contribution in [3.63, 3.8) is 0 Å². The second-order valence-electron chi connectivity index (χ2n) is 5.56. The number of anilines is 1. The Balaban J connectivity index is 0.00000264. The highest BCUT2D eigenvalue weighted by Gasteiger charge is 2.18. The van der Waals surface area contributed by atoms with Crippen LogP contribution >= 0.6 is 40.7 Å². The first-order valence-corrected chi connectivity index (χ1v) is 8.20. The van der Waals surface area contributed by atoms with E-state index < -0.39 is 0 Å². The second kappa shape index (κ2) is 11.6. The maximum Gasteiger partial charge on any atom is 0.245 e. The van der Waals surface area contributed by atoms with Crippen LogP contribution in [0.3, 0.4) is 0 Å². The number of nitrogens with one attached hydrogen (secondary N) is 2. The van der Waals surface area contributed by atoms with E-state index in [9.17, 15) is 9.59 Å². The maximum absolute atomic E-state index is 12.0. The number of nitrogens with zero attached hydrogens (tertiary/aromatic N) is 2. The quantitative estimate of drug-likeness (QED) is 0.711. The Morgan fingerprint density at radius 1 is 1.42 bits per heavy atom. The number of carbonyl (C=O) groups excluding carboxylic acids is 2. The summed E-state index contributed by atoms with van der Waals surface area (Å²) in [5.41, 5.74) is 0. The molecule has 2 rings (SSSR count). The summed E-state index contributed by atoms with van der Waals surface area (Å²) < 4.78 is 0.846. The molecule has 1 aromatic rings. The molecular weight excluding hydrogens is 419 g/mol. The van der Waals surface area contributed by atoms with Crippen LogP contribution in [0.25, 0.3) is 0 Å². The minimum absolute atomic E-state index is 0. The fourth-order valence-electron chi connectivity index (χ4n) is 2.42. The van der Waals surface area contributed by atoms with Crippen molar-refractivity contribution in [2.45, 2.75) is 19.3 Å². The third kappa shape index (κ3) is 7.79. The zero-order chi connectivity index (χ0) is 15.9. The van der Waals surface area contributed by atoms with Crippen LogP contribution < -0.4 is 10.6 Å². The average Bonchev–Trinajstić information content (AvgIpc) is 3.00. The third-order valence-electron chi connectivity index (χ3n) is 3.73. The average molecular weight is 442 g/mol. The van der Waals surface area contributed by atoms with Gasteiger partial charge in [0.15, 0.2) is 0 Å². The highest BCUT2D eigenvalue weighted by Crippen LogP contribution is 2.15. The molecule has 1 aliphatic heterocycles. The molecule has 9 heteroatoms. The number of aromatic nitrogens is 1. The Morgan fingerprint density at radius 2 is 2.17 bits per heavy atom. The summed E-state index contributed by atoms with van der Waals surface area (Å²) in [5, 5.41) is 5.97. The number of carbonyl (C=O) groups is 2. The van der Waals surface area contributed by atoms with Gasteiger partial charge in [-0.1, -0.05) is 0 Å². The van der Waals surface area contributed by atoms with Crippen LogP contribution in [0.4, 0.5) is 5.82 Å². The number of amides is 2. The standard InChI is InChI=1S/C15H21BrN4O2.2ClH/c1-20(15(22)5-2-11-6-7-17-8-11)10-14(21)19-13-4-3-12(16)9-18-13;;/h3-4,9,11,17H,2,5-8,10H2,1H3,(H,18,19,21);2*1H. The number of hydrogen-bond donors (Lipinski definition) is 2. The van der Waals surface area contributed by atoms with E-state index in [2.05, 4.69) is 31.5 Å². The lowest BCUT2D eigenvalue weighted by Gasteiger charge is -2.17. The van der Waals surface area contributed by atoms with Crippen molar-refractivity contribution in [1.82, 2.24) is 15.2 Å². The van der Waals surface area contributed by atoms with Crippen LogP contribution in [0.2, 0.25) is 0 Å². The normalized spacial score (nSPS) is 15.8. The number of hydrogen-bond acceptors (Lipinski definition) is 4. The van der Waals surface area contributed by atoms with Crippen LogP contribution in [0.5, 0.6) is 0 Å². The van der Waals surface area contributed by atoms with Crippen LogP contribution in [0.15, 0.2) is 22.8 Å². The van der Waals surface area contributed by atoms with E-state index in [0.717, 1.165) is 30.4 Å². The number of pyridine rings is 1. The third-order valence-corrected chi connectivity index (χ3v) is 4.20. The molecule has 2 amide bonds. The van der Waals surface area contributed by atoms with Crippen molar-refractivity contribution in [3.05, 3.63) is 22.8 Å². The van der Waals surface area contributed by atoms with Gasteiger partial charge < -0.3 is 15.5 Å². The first-order valence-electron chi connectivity index (χ1n) is 7.40. The Morgan fingerprint density at radius 3 is 2.75 bits per heavy atom. The summed E-state index contributed by atoms with van der Waals surface area (Å²) in [6, 6.07) is 3.50. The van der Waals surface area contributed by atoms with Gasteiger partial charge in [-0.3, -0.25) is 9.59 Å². The highest BCUT2D eigenvalue weighted by atomic mass is 79.9. The van der Waals surface area contributed by atoms with Gasteiger partial charge in [0.1, 0.15) is 5.82 Å². The van der Waals surface area contributed by atoms with Crippen LogP contribution in [0.1, 0.15) is 19.3 Å². The first-order chi connectivity index (χ1) is 10.5. The summed E-state index contributed by atoms with van der Waals surface area (Å²) in [6.07, 6.45) is 4.12. The summed E-state index contributed by atoms with van der Waals surface area (Å²) in [7, 11) is 1.66. The van der Waals surface area contributed by atoms with Crippen molar-refractivity contribution in [1.29, 1.82) is 0 Å². The first kappa shape index (κ1) is 23.1. The molecule has 1 fully saturated rings. The van der Waals surface area contributed by atoms with E-state index in [4.69, 9.17) is 0 Å². The molecule has 0 spiro atoms. The smallest absolute Gasteiger partial charge is 0.245 e. The van der Waals surface area contributed by atoms with Gasteiger partial charge in [-0.05, 0) is 59.9 Å². The van der Waals surface area contributed by atoms with Gasteiger partial charge in [0, 0.05) is 24.1 Å². The summed E-state index contributed by atoms with van der Waals surface area (Å²) in [6.45, 7) is 2.07. The molecular formula is C15H23BrCl2N4O2. The minimum Gasteiger partial charge on any atom is -0.336 e. The van der Waals surface area contributed by atoms with Crippen molar-refractivity contribution in [2.24, 2.45) is 5.92 Å². The molecule has 1 aromatic heterocycles. The monoisotopic (exact) mass is 440 g/mol. The van der Waals surface area contributed by atoms with Crippen LogP contribution in [-0.4, -0.2) is 48.4 Å². The molecule has 0 radical (unpaired) electrons. The van der Waals surface area contributed by atoms with Gasteiger partial charge in [0.2, 0.25) is 11.8 Å². The van der Waals surface area contributed by atoms with Crippen molar-refractivity contribution in [2.75, 3.05) is 32.0 Å². The van der Waals surface area contributed by atoms with E-state index in [1.54, 1.807) is 25.4 Å². The molecule has 136 valence electrons. The van der Waals surface area contributed by atoms with E-state index in [1.165, 1.54) is 4.90 Å². The van der Waals surface area contributed by atoms with Crippen molar-refractivity contribution in [3.8, 4) is 0 Å². The van der Waals surface area contributed by atoms with Crippen LogP contribution in [0, 0.1) is 5.92 Å². The highest BCUT2D eigenvalue weighted by molar-refractivity contribution is 9.10. The molecule has 0 aliphatic carbocycles. The molecule has 0 bridgehead atoms. The largest absolute Gasteiger partial charge is 0.336 e. The van der Waals surface area contributed by atoms with Crippen molar-refractivity contribution >= 4 is 58.4 Å². The molecule has 6 nitrogen and oxygen atoms in total. The second-order valence-corrected chi connectivity index (χ2v) is 6.47. The molecule has 2 N–H and O–H groups in total. The van der Waals surface area contributed by atoms with Gasteiger partial charge >= 0.3 is 0 Å². The predicted molar refractivity (Wildman–Crippen MR) is 103 cm³/mol. The molecule has 0 aromatic carbocycles. The number of halogens is 3. The van der Waals surface area contributed by atoms with Crippen LogP contribution in [-0.2, 0) is 9.59 Å². The molecule has 24 heavy (non-hydrogen) atoms. The number of rotatable bonds is 6. The summed E-state index contributed by atoms with van der Waals surface area (Å²) in [4.78, 5) is 29.5. The lowest BCUT2D eigenvalue weighted by atomic mass is 10.0. The summed E-state index contributed by atoms with van der Waals surface area (Å²) in [5.74, 6) is 0.822. The Bertz CT molecular complexity index is 525. The van der Waals surface area contributed by atoms with Gasteiger partial charge in [0.25, 0.3) is 0 Å². The zero-order valence-electron chi connectivity index (χ0n) is 13.5. The van der Waals surface area contributed by atoms with E-state index in [1.807, 2.05) is 0 Å². The Kier molecular flexibility index (Phi) is 11.2. The molecule has 2 heterocycles. The SMILES string of the molecule is CN(CC(=O)Nc1ccc(Br)cn1)C(=O)CCC1CCNC1.Cl.Cl. The minimum atomic E-state index is -0.242. The fourth-order valence-corrected chi connectivity index (χ4v) is 2.65. The maximum atomic E-state index is 12.0. The fraction of sp³-hybridized carbons (Fsp3) is 0.533. The summed E-state index contributed by atoms with van der Waals surface area (Å²) >= 11 is 3.28. The topological polar surface area (TPSA) is 74.3 Å². The Hall–Kier alpha value is -0.890. The van der Waals surface area contributed by atoms with E-state index in [-0.39, 0.29) is 43.2 Å². The predicted octanol–water partition coefficient (Wildman–Crippen LogP) is 2.47. The van der Waals surface area contributed by atoms with Crippen molar-refractivity contribution < 1.29 is 9.59 Å². The zero-order valence-corrected chi connectivity index (χ0v) is 16.7. The lowest BCUT2D eigenvalue weighted by molar-refractivity contribution is -0.133. The van der Waals surface area contributed by atoms with Gasteiger partial charge in [0.05, 0.1) is 6.54 Å². The van der Waals surface area contributed by atoms with Gasteiger partial charge in [-0.2, -0.15) is 0 Å². The van der Waals surface area contributed by atoms with E-state index in [0.29, 0.717) is 18.2 Å². The lowest BCUT2D eigenvalue weighted by Crippen LogP contribution is -2.35. The number of likely N-dealkylation sites (N-methyl/N-ethyl adjacent to an activating group) is 1. The van der Waals surface area contributed by atoms with E-state index >= 15 is 0 Å². The molecule has 1 saturated heterocycles.